The minimum Gasteiger partial charge on any atom is -0.497 e. The molecule has 1 amide bonds. The van der Waals surface area contributed by atoms with E-state index in [9.17, 15) is 14.0 Å². The average Bonchev–Trinajstić information content (AvgIpc) is 2.66. The van der Waals surface area contributed by atoms with Gasteiger partial charge >= 0.3 is 0 Å². The van der Waals surface area contributed by atoms with Crippen LogP contribution in [0, 0.1) is 12.7 Å². The first-order valence-corrected chi connectivity index (χ1v) is 8.73. The van der Waals surface area contributed by atoms with Crippen molar-refractivity contribution in [1.29, 1.82) is 0 Å². The molecule has 0 spiro atoms. The van der Waals surface area contributed by atoms with Crippen LogP contribution in [0.2, 0.25) is 5.02 Å². The number of nitrogens with one attached hydrogen (secondary N) is 1. The van der Waals surface area contributed by atoms with Crippen molar-refractivity contribution in [2.24, 2.45) is 0 Å². The molecule has 6 nitrogen and oxygen atoms in total. The minimum atomic E-state index is -0.661. The number of aryl methyl sites for hydroxylation is 1. The fourth-order valence-electron chi connectivity index (χ4n) is 2.66. The second-order valence-corrected chi connectivity index (χ2v) is 6.48. The van der Waals surface area contributed by atoms with Gasteiger partial charge in [-0.05, 0) is 49.4 Å². The number of halogens is 2. The van der Waals surface area contributed by atoms with Crippen molar-refractivity contribution in [3.63, 3.8) is 0 Å². The maximum Gasteiger partial charge on any atom is 0.254 e. The standard InChI is InChI=1S/C20H17ClFN3O3/c1-12-9-19(27)25(20(23-12)13-3-6-15(28-2)7-4-13)11-18(26)24-17-8-5-14(21)10-16(17)22/h3-10H,11H2,1-2H3,(H,24,26). The maximum atomic E-state index is 13.9. The second-order valence-electron chi connectivity index (χ2n) is 6.05. The molecule has 1 aromatic heterocycles. The summed E-state index contributed by atoms with van der Waals surface area (Å²) in [6, 6.07) is 12.2. The van der Waals surface area contributed by atoms with Crippen LogP contribution in [0.3, 0.4) is 0 Å². The van der Waals surface area contributed by atoms with Gasteiger partial charge in [0.1, 0.15) is 23.9 Å². The predicted octanol–water partition coefficient (Wildman–Crippen LogP) is 3.66. The summed E-state index contributed by atoms with van der Waals surface area (Å²) < 4.78 is 20.3. The van der Waals surface area contributed by atoms with Gasteiger partial charge in [-0.15, -0.1) is 0 Å². The molecule has 0 fully saturated rings. The van der Waals surface area contributed by atoms with Crippen molar-refractivity contribution in [3.05, 3.63) is 75.4 Å². The Hall–Kier alpha value is -3.19. The van der Waals surface area contributed by atoms with Gasteiger partial charge in [-0.1, -0.05) is 11.6 Å². The van der Waals surface area contributed by atoms with Gasteiger partial charge in [-0.3, -0.25) is 14.2 Å². The van der Waals surface area contributed by atoms with Gasteiger partial charge in [0.25, 0.3) is 5.56 Å². The molecule has 8 heteroatoms. The lowest BCUT2D eigenvalue weighted by Crippen LogP contribution is -2.29. The molecule has 0 atom stereocenters. The molecule has 0 saturated carbocycles. The van der Waals surface area contributed by atoms with Gasteiger partial charge < -0.3 is 10.1 Å². The first-order chi connectivity index (χ1) is 13.4. The van der Waals surface area contributed by atoms with E-state index in [0.29, 0.717) is 22.8 Å². The Balaban J connectivity index is 1.92. The number of methoxy groups -OCH3 is 1. The normalized spacial score (nSPS) is 10.6. The highest BCUT2D eigenvalue weighted by Crippen LogP contribution is 2.21. The van der Waals surface area contributed by atoms with Gasteiger partial charge in [0.05, 0.1) is 12.8 Å². The molecule has 3 aromatic rings. The third-order valence-electron chi connectivity index (χ3n) is 3.99. The Bertz CT molecular complexity index is 1080. The largest absolute Gasteiger partial charge is 0.497 e. The third kappa shape index (κ3) is 4.37. The Labute approximate surface area is 165 Å². The van der Waals surface area contributed by atoms with E-state index < -0.39 is 11.7 Å². The Morgan fingerprint density at radius 1 is 1.21 bits per heavy atom. The summed E-state index contributed by atoms with van der Waals surface area (Å²) in [5, 5.41) is 2.66. The molecule has 1 N–H and O–H groups in total. The molecule has 0 bridgehead atoms. The van der Waals surface area contributed by atoms with E-state index in [-0.39, 0.29) is 22.8 Å². The Morgan fingerprint density at radius 2 is 1.93 bits per heavy atom. The van der Waals surface area contributed by atoms with Gasteiger partial charge in [0.15, 0.2) is 0 Å². The van der Waals surface area contributed by atoms with Crippen LogP contribution in [0.15, 0.2) is 53.3 Å². The summed E-state index contributed by atoms with van der Waals surface area (Å²) >= 11 is 5.71. The van der Waals surface area contributed by atoms with E-state index in [1.807, 2.05) is 0 Å². The zero-order valence-corrected chi connectivity index (χ0v) is 16.0. The van der Waals surface area contributed by atoms with Crippen LogP contribution in [0.4, 0.5) is 10.1 Å². The highest BCUT2D eigenvalue weighted by Gasteiger charge is 2.15. The fraction of sp³-hybridized carbons (Fsp3) is 0.150. The zero-order valence-electron chi connectivity index (χ0n) is 15.2. The molecular formula is C20H17ClFN3O3. The van der Waals surface area contributed by atoms with E-state index in [2.05, 4.69) is 10.3 Å². The van der Waals surface area contributed by atoms with Crippen molar-refractivity contribution in [2.75, 3.05) is 12.4 Å². The Kier molecular flexibility index (Phi) is 5.75. The molecule has 1 heterocycles. The summed E-state index contributed by atoms with van der Waals surface area (Å²) in [6.45, 7) is 1.37. The van der Waals surface area contributed by atoms with Crippen LogP contribution in [-0.4, -0.2) is 22.6 Å². The number of amides is 1. The van der Waals surface area contributed by atoms with Crippen molar-refractivity contribution < 1.29 is 13.9 Å². The average molecular weight is 402 g/mol. The summed E-state index contributed by atoms with van der Waals surface area (Å²) in [5.41, 5.74) is 0.766. The first kappa shape index (κ1) is 19.6. The fourth-order valence-corrected chi connectivity index (χ4v) is 2.82. The van der Waals surface area contributed by atoms with Crippen LogP contribution in [0.5, 0.6) is 5.75 Å². The minimum absolute atomic E-state index is 0.0199. The van der Waals surface area contributed by atoms with E-state index in [0.717, 1.165) is 6.07 Å². The summed E-state index contributed by atoms with van der Waals surface area (Å²) in [4.78, 5) is 29.3. The number of nitrogens with zero attached hydrogens (tertiary/aromatic N) is 2. The van der Waals surface area contributed by atoms with Crippen LogP contribution in [0.25, 0.3) is 11.4 Å². The molecule has 0 aliphatic rings. The smallest absolute Gasteiger partial charge is 0.254 e. The molecule has 0 saturated heterocycles. The molecule has 3 rings (SSSR count). The number of hydrogen-bond acceptors (Lipinski definition) is 4. The van der Waals surface area contributed by atoms with Crippen LogP contribution < -0.4 is 15.6 Å². The monoisotopic (exact) mass is 401 g/mol. The van der Waals surface area contributed by atoms with Crippen molar-refractivity contribution in [3.8, 4) is 17.1 Å². The quantitative estimate of drug-likeness (QED) is 0.708. The van der Waals surface area contributed by atoms with Crippen molar-refractivity contribution in [2.45, 2.75) is 13.5 Å². The highest BCUT2D eigenvalue weighted by molar-refractivity contribution is 6.30. The SMILES string of the molecule is COc1ccc(-c2nc(C)cc(=O)n2CC(=O)Nc2ccc(Cl)cc2F)cc1. The summed E-state index contributed by atoms with van der Waals surface area (Å²) in [6.07, 6.45) is 0. The number of ether oxygens (including phenoxy) is 1. The molecular weight excluding hydrogens is 385 g/mol. The number of rotatable bonds is 5. The Morgan fingerprint density at radius 3 is 2.57 bits per heavy atom. The third-order valence-corrected chi connectivity index (χ3v) is 4.23. The molecule has 0 unspecified atom stereocenters. The predicted molar refractivity (Wildman–Crippen MR) is 105 cm³/mol. The number of aromatic nitrogens is 2. The lowest BCUT2D eigenvalue weighted by atomic mass is 10.2. The topological polar surface area (TPSA) is 73.2 Å². The highest BCUT2D eigenvalue weighted by atomic mass is 35.5. The molecule has 0 aliphatic carbocycles. The van der Waals surface area contributed by atoms with Gasteiger partial charge in [-0.25, -0.2) is 9.37 Å². The van der Waals surface area contributed by atoms with E-state index in [1.165, 1.54) is 22.8 Å². The van der Waals surface area contributed by atoms with Gasteiger partial charge in [0.2, 0.25) is 5.91 Å². The second kappa shape index (κ2) is 8.22. The first-order valence-electron chi connectivity index (χ1n) is 8.35. The van der Waals surface area contributed by atoms with Gasteiger partial charge in [0, 0.05) is 22.3 Å². The number of carbonyl (C=O) groups is 1. The van der Waals surface area contributed by atoms with Crippen LogP contribution >= 0.6 is 11.6 Å². The maximum absolute atomic E-state index is 13.9. The number of anilines is 1. The molecule has 28 heavy (non-hydrogen) atoms. The number of hydrogen-bond donors (Lipinski definition) is 1. The molecule has 2 aromatic carbocycles. The summed E-state index contributed by atoms with van der Waals surface area (Å²) in [5.74, 6) is -0.241. The van der Waals surface area contributed by atoms with E-state index in [1.54, 1.807) is 38.3 Å². The van der Waals surface area contributed by atoms with E-state index >= 15 is 0 Å². The lowest BCUT2D eigenvalue weighted by Gasteiger charge is -2.13. The zero-order chi connectivity index (χ0) is 20.3. The molecule has 144 valence electrons. The van der Waals surface area contributed by atoms with Crippen molar-refractivity contribution in [1.82, 2.24) is 9.55 Å². The molecule has 0 radical (unpaired) electrons. The lowest BCUT2D eigenvalue weighted by molar-refractivity contribution is -0.116. The number of benzene rings is 2. The van der Waals surface area contributed by atoms with Crippen LogP contribution in [-0.2, 0) is 11.3 Å². The molecule has 0 aliphatic heterocycles. The number of carbonyl (C=O) groups excluding carboxylic acids is 1. The van der Waals surface area contributed by atoms with Crippen molar-refractivity contribution >= 4 is 23.2 Å². The van der Waals surface area contributed by atoms with Gasteiger partial charge in [-0.2, -0.15) is 0 Å². The van der Waals surface area contributed by atoms with Crippen LogP contribution in [0.1, 0.15) is 5.69 Å². The van der Waals surface area contributed by atoms with E-state index in [4.69, 9.17) is 16.3 Å². The summed E-state index contributed by atoms with van der Waals surface area (Å²) in [7, 11) is 1.55.